The molecule has 6 heteroatoms. The standard InChI is InChI=1S/C25H19N3O2S/c1-16-14-18(24-28-21-9-5-13-26-25(21)31-24)11-12-20(16)27-23(29)15-30-22-10-4-7-17-6-2-3-8-19(17)22/h2-14H,15H2,1H3,(H,27,29). The van der Waals surface area contributed by atoms with Gasteiger partial charge in [-0.05, 0) is 54.3 Å². The molecule has 0 saturated heterocycles. The molecule has 2 heterocycles. The van der Waals surface area contributed by atoms with Crippen LogP contribution in [0.2, 0.25) is 0 Å². The number of anilines is 1. The highest BCUT2D eigenvalue weighted by Gasteiger charge is 2.11. The number of hydrogen-bond acceptors (Lipinski definition) is 5. The van der Waals surface area contributed by atoms with Crippen molar-refractivity contribution in [3.8, 4) is 16.3 Å². The minimum atomic E-state index is -0.201. The van der Waals surface area contributed by atoms with Crippen molar-refractivity contribution in [1.29, 1.82) is 0 Å². The van der Waals surface area contributed by atoms with E-state index in [1.807, 2.05) is 79.7 Å². The van der Waals surface area contributed by atoms with Crippen molar-refractivity contribution in [3.63, 3.8) is 0 Å². The lowest BCUT2D eigenvalue weighted by Gasteiger charge is -2.12. The van der Waals surface area contributed by atoms with E-state index < -0.39 is 0 Å². The fraction of sp³-hybridized carbons (Fsp3) is 0.0800. The van der Waals surface area contributed by atoms with Crippen molar-refractivity contribution in [2.24, 2.45) is 0 Å². The topological polar surface area (TPSA) is 64.1 Å². The normalized spacial score (nSPS) is 11.0. The van der Waals surface area contributed by atoms with Gasteiger partial charge in [-0.1, -0.05) is 47.7 Å². The van der Waals surface area contributed by atoms with Crippen LogP contribution >= 0.6 is 11.3 Å². The first-order chi connectivity index (χ1) is 15.2. The Morgan fingerprint density at radius 1 is 1.03 bits per heavy atom. The number of thiazole rings is 1. The predicted molar refractivity (Wildman–Crippen MR) is 126 cm³/mol. The third kappa shape index (κ3) is 3.98. The summed E-state index contributed by atoms with van der Waals surface area (Å²) in [5.41, 5.74) is 3.62. The second-order valence-corrected chi connectivity index (χ2v) is 8.17. The Morgan fingerprint density at radius 3 is 2.77 bits per heavy atom. The average molecular weight is 426 g/mol. The second kappa shape index (κ2) is 8.16. The van der Waals surface area contributed by atoms with Gasteiger partial charge < -0.3 is 10.1 Å². The molecular formula is C25H19N3O2S. The SMILES string of the molecule is Cc1cc(-c2nc3cccnc3s2)ccc1NC(=O)COc1cccc2ccccc12. The Bertz CT molecular complexity index is 1370. The molecule has 0 radical (unpaired) electrons. The number of fused-ring (bicyclic) bond motifs is 2. The van der Waals surface area contributed by atoms with Crippen LogP contribution in [0.4, 0.5) is 5.69 Å². The van der Waals surface area contributed by atoms with Crippen molar-refractivity contribution in [2.45, 2.75) is 6.92 Å². The smallest absolute Gasteiger partial charge is 0.262 e. The number of amides is 1. The Hall–Kier alpha value is -3.77. The van der Waals surface area contributed by atoms with E-state index in [0.717, 1.165) is 42.9 Å². The number of ether oxygens (including phenoxy) is 1. The summed E-state index contributed by atoms with van der Waals surface area (Å²) in [4.78, 5) is 22.4. The molecular weight excluding hydrogens is 406 g/mol. The number of rotatable bonds is 5. The fourth-order valence-corrected chi connectivity index (χ4v) is 4.39. The van der Waals surface area contributed by atoms with Crippen LogP contribution < -0.4 is 10.1 Å². The lowest BCUT2D eigenvalue weighted by Crippen LogP contribution is -2.20. The summed E-state index contributed by atoms with van der Waals surface area (Å²) in [6.07, 6.45) is 1.77. The van der Waals surface area contributed by atoms with Crippen LogP contribution in [0, 0.1) is 6.92 Å². The van der Waals surface area contributed by atoms with E-state index in [4.69, 9.17) is 4.74 Å². The third-order valence-electron chi connectivity index (χ3n) is 5.02. The monoisotopic (exact) mass is 425 g/mol. The number of pyridine rings is 1. The first kappa shape index (κ1) is 19.2. The van der Waals surface area contributed by atoms with E-state index in [1.54, 1.807) is 17.5 Å². The van der Waals surface area contributed by atoms with E-state index in [2.05, 4.69) is 15.3 Å². The zero-order chi connectivity index (χ0) is 21.2. The average Bonchev–Trinajstić information content (AvgIpc) is 3.23. The Kier molecular flexibility index (Phi) is 5.06. The minimum Gasteiger partial charge on any atom is -0.483 e. The molecule has 31 heavy (non-hydrogen) atoms. The molecule has 0 atom stereocenters. The van der Waals surface area contributed by atoms with Gasteiger partial charge in [-0.15, -0.1) is 0 Å². The summed E-state index contributed by atoms with van der Waals surface area (Å²) < 4.78 is 5.79. The van der Waals surface area contributed by atoms with E-state index in [1.165, 1.54) is 0 Å². The van der Waals surface area contributed by atoms with Crippen LogP contribution in [-0.2, 0) is 4.79 Å². The molecule has 0 aliphatic rings. The molecule has 5 rings (SSSR count). The molecule has 2 aromatic heterocycles. The van der Waals surface area contributed by atoms with Crippen molar-refractivity contribution >= 4 is 44.1 Å². The number of carbonyl (C=O) groups is 1. The predicted octanol–water partition coefficient (Wildman–Crippen LogP) is 5.84. The number of aryl methyl sites for hydroxylation is 1. The number of nitrogens with zero attached hydrogens (tertiary/aromatic N) is 2. The maximum atomic E-state index is 12.5. The lowest BCUT2D eigenvalue weighted by molar-refractivity contribution is -0.118. The summed E-state index contributed by atoms with van der Waals surface area (Å²) in [5.74, 6) is 0.498. The quantitative estimate of drug-likeness (QED) is 0.384. The Labute approximate surface area is 183 Å². The van der Waals surface area contributed by atoms with Crippen LogP contribution in [0.1, 0.15) is 5.56 Å². The largest absolute Gasteiger partial charge is 0.483 e. The molecule has 0 aliphatic heterocycles. The number of hydrogen-bond donors (Lipinski definition) is 1. The molecule has 1 amide bonds. The maximum Gasteiger partial charge on any atom is 0.262 e. The van der Waals surface area contributed by atoms with Gasteiger partial charge in [0.25, 0.3) is 5.91 Å². The third-order valence-corrected chi connectivity index (χ3v) is 6.05. The number of aromatic nitrogens is 2. The van der Waals surface area contributed by atoms with Crippen molar-refractivity contribution in [1.82, 2.24) is 9.97 Å². The van der Waals surface area contributed by atoms with Gasteiger partial charge in [0.05, 0.1) is 0 Å². The zero-order valence-electron chi connectivity index (χ0n) is 16.8. The van der Waals surface area contributed by atoms with E-state index >= 15 is 0 Å². The molecule has 5 aromatic rings. The number of benzene rings is 3. The number of carbonyl (C=O) groups excluding carboxylic acids is 1. The molecule has 0 unspecified atom stereocenters. The summed E-state index contributed by atoms with van der Waals surface area (Å²) in [5, 5.41) is 5.92. The minimum absolute atomic E-state index is 0.0568. The highest BCUT2D eigenvalue weighted by molar-refractivity contribution is 7.21. The Balaban J connectivity index is 1.29. The molecule has 5 nitrogen and oxygen atoms in total. The van der Waals surface area contributed by atoms with Crippen molar-refractivity contribution in [2.75, 3.05) is 11.9 Å². The van der Waals surface area contributed by atoms with Crippen LogP contribution in [0.15, 0.2) is 79.0 Å². The molecule has 1 N–H and O–H groups in total. The molecule has 152 valence electrons. The van der Waals surface area contributed by atoms with E-state index in [0.29, 0.717) is 5.75 Å². The van der Waals surface area contributed by atoms with E-state index in [9.17, 15) is 4.79 Å². The molecule has 0 saturated carbocycles. The second-order valence-electron chi connectivity index (χ2n) is 7.19. The molecule has 0 fully saturated rings. The van der Waals surface area contributed by atoms with Crippen LogP contribution in [0.3, 0.4) is 0 Å². The van der Waals surface area contributed by atoms with Gasteiger partial charge in [0.2, 0.25) is 0 Å². The summed E-state index contributed by atoms with van der Waals surface area (Å²) in [7, 11) is 0. The van der Waals surface area contributed by atoms with Gasteiger partial charge in [0, 0.05) is 22.8 Å². The van der Waals surface area contributed by atoms with E-state index in [-0.39, 0.29) is 12.5 Å². The van der Waals surface area contributed by atoms with Crippen LogP contribution in [-0.4, -0.2) is 22.5 Å². The molecule has 0 spiro atoms. The highest BCUT2D eigenvalue weighted by Crippen LogP contribution is 2.31. The number of nitrogens with one attached hydrogen (secondary N) is 1. The maximum absolute atomic E-state index is 12.5. The highest BCUT2D eigenvalue weighted by atomic mass is 32.1. The van der Waals surface area contributed by atoms with Crippen molar-refractivity contribution < 1.29 is 9.53 Å². The van der Waals surface area contributed by atoms with Gasteiger partial charge in [-0.2, -0.15) is 0 Å². The summed E-state index contributed by atoms with van der Waals surface area (Å²) in [6.45, 7) is 1.91. The molecule has 0 bridgehead atoms. The van der Waals surface area contributed by atoms with Gasteiger partial charge >= 0.3 is 0 Å². The van der Waals surface area contributed by atoms with Gasteiger partial charge in [-0.3, -0.25) is 4.79 Å². The molecule has 3 aromatic carbocycles. The van der Waals surface area contributed by atoms with Crippen LogP contribution in [0.25, 0.3) is 31.7 Å². The van der Waals surface area contributed by atoms with Gasteiger partial charge in [0.15, 0.2) is 6.61 Å². The van der Waals surface area contributed by atoms with Crippen LogP contribution in [0.5, 0.6) is 5.75 Å². The summed E-state index contributed by atoms with van der Waals surface area (Å²) in [6, 6.07) is 23.5. The fourth-order valence-electron chi connectivity index (χ4n) is 3.48. The zero-order valence-corrected chi connectivity index (χ0v) is 17.6. The van der Waals surface area contributed by atoms with Crippen molar-refractivity contribution in [3.05, 3.63) is 84.6 Å². The first-order valence-corrected chi connectivity index (χ1v) is 10.7. The van der Waals surface area contributed by atoms with Gasteiger partial charge in [0.1, 0.15) is 21.1 Å². The summed E-state index contributed by atoms with van der Waals surface area (Å²) >= 11 is 1.56. The first-order valence-electron chi connectivity index (χ1n) is 9.90. The molecule has 0 aliphatic carbocycles. The lowest BCUT2D eigenvalue weighted by atomic mass is 10.1. The Morgan fingerprint density at radius 2 is 1.90 bits per heavy atom. The van der Waals surface area contributed by atoms with Gasteiger partial charge in [-0.25, -0.2) is 9.97 Å².